The van der Waals surface area contributed by atoms with Gasteiger partial charge in [0.2, 0.25) is 0 Å². The highest BCUT2D eigenvalue weighted by Gasteiger charge is 2.17. The molecule has 0 radical (unpaired) electrons. The van der Waals surface area contributed by atoms with E-state index in [9.17, 15) is 0 Å². The number of nitrogens with two attached hydrogens (primary N) is 1. The maximum absolute atomic E-state index is 6.52. The van der Waals surface area contributed by atoms with Crippen molar-refractivity contribution in [1.29, 1.82) is 0 Å². The summed E-state index contributed by atoms with van der Waals surface area (Å²) in [7, 11) is 0. The molecule has 4 nitrogen and oxygen atoms in total. The molecule has 0 atom stereocenters. The van der Waals surface area contributed by atoms with Crippen LogP contribution in [0.5, 0.6) is 0 Å². The van der Waals surface area contributed by atoms with E-state index in [-0.39, 0.29) is 0 Å². The number of hydrogen-bond donors (Lipinski definition) is 2. The lowest BCUT2D eigenvalue weighted by atomic mass is 9.91. The Morgan fingerprint density at radius 2 is 1.36 bits per heavy atom. The molecule has 2 rings (SSSR count). The van der Waals surface area contributed by atoms with Crippen molar-refractivity contribution < 1.29 is 0 Å². The molecule has 0 fully saturated rings. The molecule has 1 aromatic carbocycles. The highest BCUT2D eigenvalue weighted by Crippen LogP contribution is 2.32. The molecular weight excluding hydrogens is 308 g/mol. The van der Waals surface area contributed by atoms with Crippen molar-refractivity contribution in [3.8, 4) is 0 Å². The van der Waals surface area contributed by atoms with E-state index >= 15 is 0 Å². The number of H-pyrrole nitrogens is 1. The lowest BCUT2D eigenvalue weighted by Gasteiger charge is -2.16. The van der Waals surface area contributed by atoms with Gasteiger partial charge in [0.15, 0.2) is 0 Å². The van der Waals surface area contributed by atoms with Gasteiger partial charge in [-0.15, -0.1) is 5.10 Å². The Morgan fingerprint density at radius 1 is 0.800 bits per heavy atom. The van der Waals surface area contributed by atoms with Crippen molar-refractivity contribution in [3.05, 3.63) is 16.7 Å². The van der Waals surface area contributed by atoms with Crippen LogP contribution in [-0.2, 0) is 12.8 Å². The molecule has 1 heterocycles. The number of nitrogen functional groups attached to an aromatic ring is 1. The quantitative estimate of drug-likeness (QED) is 0.373. The smallest absolute Gasteiger partial charge is 0.118 e. The normalized spacial score (nSPS) is 11.5. The Bertz CT molecular complexity index is 645. The molecule has 1 aromatic heterocycles. The summed E-state index contributed by atoms with van der Waals surface area (Å²) < 4.78 is 0. The van der Waals surface area contributed by atoms with Gasteiger partial charge in [-0.05, 0) is 43.7 Å². The predicted octanol–water partition coefficient (Wildman–Crippen LogP) is 5.87. The summed E-state index contributed by atoms with van der Waals surface area (Å²) in [5, 5.41) is 11.5. The summed E-state index contributed by atoms with van der Waals surface area (Å²) in [6.07, 6.45) is 15.1. The van der Waals surface area contributed by atoms with Gasteiger partial charge in [0.1, 0.15) is 5.52 Å². The average Bonchev–Trinajstić information content (AvgIpc) is 3.10. The molecule has 0 bridgehead atoms. The molecule has 0 amide bonds. The summed E-state index contributed by atoms with van der Waals surface area (Å²) in [5.74, 6) is 0. The second-order valence-electron chi connectivity index (χ2n) is 7.36. The average molecular weight is 345 g/mol. The Balaban J connectivity index is 2.14. The van der Waals surface area contributed by atoms with Gasteiger partial charge in [0.25, 0.3) is 0 Å². The van der Waals surface area contributed by atoms with Crippen LogP contribution in [0.25, 0.3) is 11.0 Å². The Morgan fingerprint density at radius 3 is 1.96 bits per heavy atom. The van der Waals surface area contributed by atoms with Gasteiger partial charge in [-0.25, -0.2) is 0 Å². The van der Waals surface area contributed by atoms with Gasteiger partial charge in [0, 0.05) is 11.3 Å². The molecule has 25 heavy (non-hydrogen) atoms. The number of rotatable bonds is 12. The van der Waals surface area contributed by atoms with Crippen LogP contribution in [0.4, 0.5) is 5.69 Å². The number of unbranched alkanes of at least 4 members (excludes halogenated alkanes) is 8. The van der Waals surface area contributed by atoms with Crippen LogP contribution in [-0.4, -0.2) is 15.4 Å². The van der Waals surface area contributed by atoms with E-state index in [4.69, 9.17) is 5.73 Å². The first kappa shape index (κ1) is 19.7. The van der Waals surface area contributed by atoms with E-state index in [1.807, 2.05) is 0 Å². The fraction of sp³-hybridized carbons (Fsp3) is 0.714. The molecule has 0 unspecified atom stereocenters. The zero-order valence-electron chi connectivity index (χ0n) is 16.5. The summed E-state index contributed by atoms with van der Waals surface area (Å²) >= 11 is 0. The van der Waals surface area contributed by atoms with Crippen LogP contribution < -0.4 is 5.73 Å². The number of fused-ring (bicyclic) bond motifs is 1. The van der Waals surface area contributed by atoms with E-state index in [0.29, 0.717) is 0 Å². The van der Waals surface area contributed by atoms with E-state index in [1.165, 1.54) is 75.3 Å². The van der Waals surface area contributed by atoms with Crippen molar-refractivity contribution in [2.45, 2.75) is 97.8 Å². The van der Waals surface area contributed by atoms with Crippen molar-refractivity contribution >= 4 is 16.7 Å². The first-order valence-electron chi connectivity index (χ1n) is 10.3. The molecule has 0 aliphatic carbocycles. The van der Waals surface area contributed by atoms with Crippen LogP contribution in [0.3, 0.4) is 0 Å². The lowest BCUT2D eigenvalue weighted by molar-refractivity contribution is 0.622. The number of aryl methyl sites for hydroxylation is 2. The molecule has 0 saturated heterocycles. The third-order valence-electron chi connectivity index (χ3n) is 5.36. The van der Waals surface area contributed by atoms with E-state index < -0.39 is 0 Å². The Labute approximate surface area is 153 Å². The minimum atomic E-state index is 0.945. The number of anilines is 1. The maximum atomic E-state index is 6.52. The van der Waals surface area contributed by atoms with Crippen molar-refractivity contribution in [3.63, 3.8) is 0 Å². The lowest BCUT2D eigenvalue weighted by Crippen LogP contribution is -2.05. The third kappa shape index (κ3) is 5.20. The fourth-order valence-corrected chi connectivity index (χ4v) is 3.74. The second-order valence-corrected chi connectivity index (χ2v) is 7.36. The predicted molar refractivity (Wildman–Crippen MR) is 108 cm³/mol. The maximum Gasteiger partial charge on any atom is 0.118 e. The van der Waals surface area contributed by atoms with Gasteiger partial charge in [-0.1, -0.05) is 70.4 Å². The number of hydrogen-bond acceptors (Lipinski definition) is 3. The molecule has 0 saturated carbocycles. The van der Waals surface area contributed by atoms with Crippen LogP contribution >= 0.6 is 0 Å². The first-order chi connectivity index (χ1) is 12.2. The highest BCUT2D eigenvalue weighted by atomic mass is 15.3. The zero-order chi connectivity index (χ0) is 18.1. The number of benzene rings is 1. The number of nitrogens with one attached hydrogen (secondary N) is 1. The van der Waals surface area contributed by atoms with E-state index in [2.05, 4.69) is 36.2 Å². The standard InChI is InChI=1S/C21H36N4/c1-4-6-8-10-12-14-17-18(15-13-11-9-7-5-2)21-20(23-25-24-21)16(3)19(17)22/h4-15,22H2,1-3H3,(H,23,24,25). The Kier molecular flexibility index (Phi) is 8.23. The van der Waals surface area contributed by atoms with Gasteiger partial charge in [-0.2, -0.15) is 0 Å². The molecule has 140 valence electrons. The monoisotopic (exact) mass is 344 g/mol. The number of nitrogens with zero attached hydrogens (tertiary/aromatic N) is 2. The molecule has 4 heteroatoms. The van der Waals surface area contributed by atoms with E-state index in [0.717, 1.165) is 35.1 Å². The summed E-state index contributed by atoms with van der Waals surface area (Å²) in [6, 6.07) is 0. The molecule has 0 aliphatic heterocycles. The minimum absolute atomic E-state index is 0.945. The summed E-state index contributed by atoms with van der Waals surface area (Å²) in [6.45, 7) is 6.60. The first-order valence-corrected chi connectivity index (χ1v) is 10.3. The van der Waals surface area contributed by atoms with Crippen LogP contribution in [0.15, 0.2) is 0 Å². The van der Waals surface area contributed by atoms with Crippen molar-refractivity contribution in [1.82, 2.24) is 15.4 Å². The van der Waals surface area contributed by atoms with Crippen LogP contribution in [0.1, 0.15) is 94.7 Å². The van der Waals surface area contributed by atoms with Crippen LogP contribution in [0.2, 0.25) is 0 Å². The van der Waals surface area contributed by atoms with Gasteiger partial charge in [0.05, 0.1) is 5.52 Å². The zero-order valence-corrected chi connectivity index (χ0v) is 16.5. The summed E-state index contributed by atoms with van der Waals surface area (Å²) in [4.78, 5) is 0. The second kappa shape index (κ2) is 10.4. The molecule has 0 spiro atoms. The molecule has 3 N–H and O–H groups in total. The largest absolute Gasteiger partial charge is 0.398 e. The Hall–Kier alpha value is -1.58. The fourth-order valence-electron chi connectivity index (χ4n) is 3.74. The topological polar surface area (TPSA) is 67.6 Å². The third-order valence-corrected chi connectivity index (χ3v) is 5.36. The van der Waals surface area contributed by atoms with Crippen molar-refractivity contribution in [2.24, 2.45) is 0 Å². The summed E-state index contributed by atoms with van der Waals surface area (Å²) in [5.41, 5.74) is 13.3. The molecular formula is C21H36N4. The van der Waals surface area contributed by atoms with E-state index in [1.54, 1.807) is 0 Å². The minimum Gasteiger partial charge on any atom is -0.398 e. The van der Waals surface area contributed by atoms with Gasteiger partial charge in [-0.3, -0.25) is 5.10 Å². The van der Waals surface area contributed by atoms with Gasteiger partial charge < -0.3 is 5.73 Å². The van der Waals surface area contributed by atoms with Crippen molar-refractivity contribution in [2.75, 3.05) is 5.73 Å². The molecule has 0 aliphatic rings. The molecule has 2 aromatic rings. The number of aromatic amines is 1. The highest BCUT2D eigenvalue weighted by molar-refractivity contribution is 5.88. The SMILES string of the molecule is CCCCCCCc1c(N)c(C)c2nn[nH]c2c1CCCCCCC. The number of aromatic nitrogens is 3. The van der Waals surface area contributed by atoms with Gasteiger partial charge >= 0.3 is 0 Å². The van der Waals surface area contributed by atoms with Crippen LogP contribution in [0, 0.1) is 6.92 Å².